The summed E-state index contributed by atoms with van der Waals surface area (Å²) < 4.78 is 0. The van der Waals surface area contributed by atoms with Gasteiger partial charge in [0.15, 0.2) is 4.84 Å². The molecule has 0 unspecified atom stereocenters. The number of halogens is 3. The second kappa shape index (κ2) is 4.68. The van der Waals surface area contributed by atoms with E-state index >= 15 is 0 Å². The van der Waals surface area contributed by atoms with Gasteiger partial charge in [-0.15, -0.1) is 17.0 Å². The summed E-state index contributed by atoms with van der Waals surface area (Å²) in [4.78, 5) is -0.843. The van der Waals surface area contributed by atoms with Crippen molar-refractivity contribution in [1.82, 2.24) is 0 Å². The van der Waals surface area contributed by atoms with Crippen LogP contribution < -0.4 is 5.73 Å². The minimum absolute atomic E-state index is 0. The average molecular weight is 208 g/mol. The molecule has 0 aliphatic rings. The predicted molar refractivity (Wildman–Crippen MR) is 37.7 cm³/mol. The summed E-state index contributed by atoms with van der Waals surface area (Å²) in [5.41, 5.74) is 4.75. The normalized spacial score (nSPS) is 7.86. The molecule has 5 heteroatoms. The molecule has 0 fully saturated rings. The Morgan fingerprint density at radius 2 is 1.71 bits per heavy atom. The van der Waals surface area contributed by atoms with Gasteiger partial charge in [0.2, 0.25) is 0 Å². The van der Waals surface area contributed by atoms with Gasteiger partial charge < -0.3 is 5.73 Å². The summed E-state index contributed by atoms with van der Waals surface area (Å²) in [5.74, 6) is -0.210. The highest BCUT2D eigenvalue weighted by Gasteiger charge is 1.97. The fourth-order valence-corrected chi connectivity index (χ4v) is 0. The first-order valence-corrected chi connectivity index (χ1v) is 2.14. The second-order valence-electron chi connectivity index (χ2n) is 0.756. The van der Waals surface area contributed by atoms with Crippen LogP contribution in [0.5, 0.6) is 0 Å². The van der Waals surface area contributed by atoms with Crippen LogP contribution in [0.2, 0.25) is 0 Å². The molecule has 0 atom stereocenters. The van der Waals surface area contributed by atoms with Crippen LogP contribution in [0.1, 0.15) is 0 Å². The van der Waals surface area contributed by atoms with E-state index in [1.54, 1.807) is 0 Å². The molecule has 3 N–H and O–H groups in total. The lowest BCUT2D eigenvalue weighted by Crippen LogP contribution is -2.16. The predicted octanol–water partition coefficient (Wildman–Crippen LogP) is 1.30. The highest BCUT2D eigenvalue weighted by atomic mass is 79.9. The van der Waals surface area contributed by atoms with Crippen LogP contribution >= 0.6 is 40.2 Å². The Hall–Kier alpha value is 0.530. The van der Waals surface area contributed by atoms with E-state index in [1.807, 2.05) is 0 Å². The number of hydrogen-bond donors (Lipinski definition) is 2. The van der Waals surface area contributed by atoms with Crippen molar-refractivity contribution in [1.29, 1.82) is 5.41 Å². The first-order valence-electron chi connectivity index (χ1n) is 1.26. The van der Waals surface area contributed by atoms with Gasteiger partial charge in [0.1, 0.15) is 5.84 Å². The van der Waals surface area contributed by atoms with Gasteiger partial charge in [0.05, 0.1) is 0 Å². The van der Waals surface area contributed by atoms with Gasteiger partial charge in [0, 0.05) is 0 Å². The third-order valence-corrected chi connectivity index (χ3v) is 0.705. The van der Waals surface area contributed by atoms with E-state index in [0.29, 0.717) is 0 Å². The molecule has 7 heavy (non-hydrogen) atoms. The SMILES string of the molecule is Br.N=C(N)C(Cl)Cl. The molecular formula is C2H5BrCl2N2. The summed E-state index contributed by atoms with van der Waals surface area (Å²) in [7, 11) is 0. The zero-order chi connectivity index (χ0) is 5.15. The van der Waals surface area contributed by atoms with Crippen LogP contribution in [0.3, 0.4) is 0 Å². The fourth-order valence-electron chi connectivity index (χ4n) is 0. The molecule has 0 aromatic heterocycles. The third kappa shape index (κ3) is 6.53. The smallest absolute Gasteiger partial charge is 0.163 e. The van der Waals surface area contributed by atoms with Crippen molar-refractivity contribution in [2.45, 2.75) is 4.84 Å². The topological polar surface area (TPSA) is 49.9 Å². The number of nitrogens with two attached hydrogens (primary N) is 1. The van der Waals surface area contributed by atoms with Gasteiger partial charge in [0.25, 0.3) is 0 Å². The van der Waals surface area contributed by atoms with Crippen molar-refractivity contribution in [3.8, 4) is 0 Å². The zero-order valence-electron chi connectivity index (χ0n) is 3.32. The largest absolute Gasteiger partial charge is 0.385 e. The third-order valence-electron chi connectivity index (χ3n) is 0.235. The molecule has 0 spiro atoms. The Labute approximate surface area is 62.2 Å². The average Bonchev–Trinajstić information content (AvgIpc) is 1.36. The van der Waals surface area contributed by atoms with Crippen molar-refractivity contribution in [2.75, 3.05) is 0 Å². The fraction of sp³-hybridized carbons (Fsp3) is 0.500. The molecule has 0 aromatic carbocycles. The van der Waals surface area contributed by atoms with Crippen molar-refractivity contribution in [2.24, 2.45) is 5.73 Å². The first kappa shape index (κ1) is 10.5. The molecule has 0 aliphatic heterocycles. The molecule has 0 aromatic rings. The summed E-state index contributed by atoms with van der Waals surface area (Å²) in [6.07, 6.45) is 0. The van der Waals surface area contributed by atoms with Crippen molar-refractivity contribution in [3.63, 3.8) is 0 Å². The Kier molecular flexibility index (Phi) is 7.02. The minimum Gasteiger partial charge on any atom is -0.385 e. The van der Waals surface area contributed by atoms with E-state index in [0.717, 1.165) is 0 Å². The number of alkyl halides is 2. The summed E-state index contributed by atoms with van der Waals surface area (Å²) in [5, 5.41) is 6.46. The molecular weight excluding hydrogens is 203 g/mol. The van der Waals surface area contributed by atoms with Crippen LogP contribution in [-0.2, 0) is 0 Å². The maximum atomic E-state index is 6.46. The minimum atomic E-state index is -0.843. The zero-order valence-corrected chi connectivity index (χ0v) is 6.54. The number of nitrogens with one attached hydrogen (secondary N) is 1. The van der Waals surface area contributed by atoms with E-state index < -0.39 is 4.84 Å². The van der Waals surface area contributed by atoms with Crippen LogP contribution in [0.25, 0.3) is 0 Å². The van der Waals surface area contributed by atoms with Crippen LogP contribution in [0.15, 0.2) is 0 Å². The molecule has 0 amide bonds. The number of hydrogen-bond acceptors (Lipinski definition) is 1. The van der Waals surface area contributed by atoms with Crippen molar-refractivity contribution >= 4 is 46.0 Å². The van der Waals surface area contributed by atoms with E-state index in [9.17, 15) is 0 Å². The number of rotatable bonds is 1. The van der Waals surface area contributed by atoms with E-state index in [1.165, 1.54) is 0 Å². The van der Waals surface area contributed by atoms with Gasteiger partial charge in [-0.2, -0.15) is 0 Å². The highest BCUT2D eigenvalue weighted by Crippen LogP contribution is 1.97. The first-order chi connectivity index (χ1) is 2.64. The second-order valence-corrected chi connectivity index (χ2v) is 1.85. The van der Waals surface area contributed by atoms with Gasteiger partial charge >= 0.3 is 0 Å². The lowest BCUT2D eigenvalue weighted by molar-refractivity contribution is 1.39. The standard InChI is InChI=1S/C2H4Cl2N2.BrH/c3-1(4)2(5)6;/h1H,(H3,5,6);1H. The summed E-state index contributed by atoms with van der Waals surface area (Å²) in [6, 6.07) is 0. The maximum absolute atomic E-state index is 6.46. The van der Waals surface area contributed by atoms with Gasteiger partial charge in [-0.25, -0.2) is 0 Å². The van der Waals surface area contributed by atoms with Gasteiger partial charge in [-0.05, 0) is 0 Å². The van der Waals surface area contributed by atoms with E-state index in [-0.39, 0.29) is 22.8 Å². The number of amidine groups is 1. The van der Waals surface area contributed by atoms with Crippen LogP contribution in [0, 0.1) is 5.41 Å². The van der Waals surface area contributed by atoms with Crippen LogP contribution in [-0.4, -0.2) is 10.7 Å². The maximum Gasteiger partial charge on any atom is 0.163 e. The lowest BCUT2D eigenvalue weighted by Gasteiger charge is -1.90. The van der Waals surface area contributed by atoms with E-state index in [4.69, 9.17) is 34.3 Å². The molecule has 0 saturated heterocycles. The summed E-state index contributed by atoms with van der Waals surface area (Å²) >= 11 is 10.1. The van der Waals surface area contributed by atoms with Gasteiger partial charge in [-0.1, -0.05) is 23.2 Å². The van der Waals surface area contributed by atoms with Crippen molar-refractivity contribution < 1.29 is 0 Å². The molecule has 2 nitrogen and oxygen atoms in total. The molecule has 0 radical (unpaired) electrons. The van der Waals surface area contributed by atoms with Gasteiger partial charge in [-0.3, -0.25) is 5.41 Å². The Morgan fingerprint density at radius 3 is 1.71 bits per heavy atom. The monoisotopic (exact) mass is 206 g/mol. The highest BCUT2D eigenvalue weighted by molar-refractivity contribution is 8.93. The molecule has 0 saturated carbocycles. The van der Waals surface area contributed by atoms with Crippen molar-refractivity contribution in [3.05, 3.63) is 0 Å². The summed E-state index contributed by atoms with van der Waals surface area (Å²) in [6.45, 7) is 0. The molecule has 0 rings (SSSR count). The molecule has 0 aliphatic carbocycles. The van der Waals surface area contributed by atoms with E-state index in [2.05, 4.69) is 0 Å². The molecule has 0 bridgehead atoms. The Morgan fingerprint density at radius 1 is 1.57 bits per heavy atom. The Bertz CT molecular complexity index is 64.7. The Balaban J connectivity index is 0. The van der Waals surface area contributed by atoms with Crippen LogP contribution in [0.4, 0.5) is 0 Å². The molecule has 0 heterocycles. The quantitative estimate of drug-likeness (QED) is 0.380. The lowest BCUT2D eigenvalue weighted by atomic mass is 10.7. The molecule has 44 valence electrons.